The summed E-state index contributed by atoms with van der Waals surface area (Å²) in [6.07, 6.45) is 4.06. The van der Waals surface area contributed by atoms with Gasteiger partial charge in [0.25, 0.3) is 0 Å². The molecule has 0 aliphatic rings. The number of primary amides is 1. The molecule has 0 saturated heterocycles. The van der Waals surface area contributed by atoms with E-state index in [0.29, 0.717) is 43.5 Å². The normalized spacial score (nSPS) is 12.3. The summed E-state index contributed by atoms with van der Waals surface area (Å²) in [6, 6.07) is 3.98. The Bertz CT molecular complexity index is 1090. The molecule has 0 spiro atoms. The maximum absolute atomic E-state index is 13.2. The van der Waals surface area contributed by atoms with Gasteiger partial charge in [-0.1, -0.05) is 32.4 Å². The van der Waals surface area contributed by atoms with Gasteiger partial charge in [-0.3, -0.25) is 19.2 Å². The van der Waals surface area contributed by atoms with Gasteiger partial charge in [-0.05, 0) is 49.3 Å². The van der Waals surface area contributed by atoms with Crippen LogP contribution in [0.5, 0.6) is 0 Å². The van der Waals surface area contributed by atoms with Gasteiger partial charge in [0.05, 0.1) is 6.61 Å². The van der Waals surface area contributed by atoms with Crippen LogP contribution in [-0.4, -0.2) is 71.0 Å². The highest BCUT2D eigenvalue weighted by atomic mass is 16.4. The van der Waals surface area contributed by atoms with Crippen LogP contribution < -0.4 is 32.3 Å². The first-order valence-electron chi connectivity index (χ1n) is 13.8. The third-order valence-electron chi connectivity index (χ3n) is 6.03. The predicted octanol–water partition coefficient (Wildman–Crippen LogP) is 0.509. The first kappa shape index (κ1) is 35.6. The van der Waals surface area contributed by atoms with Crippen LogP contribution in [0.2, 0.25) is 0 Å². The van der Waals surface area contributed by atoms with Crippen molar-refractivity contribution in [2.24, 2.45) is 11.7 Å². The fourth-order valence-electron chi connectivity index (χ4n) is 3.76. The van der Waals surface area contributed by atoms with Gasteiger partial charge >= 0.3 is 12.0 Å². The van der Waals surface area contributed by atoms with E-state index in [2.05, 4.69) is 26.6 Å². The molecule has 0 radical (unpaired) electrons. The van der Waals surface area contributed by atoms with Crippen LogP contribution in [-0.2, 0) is 30.6 Å². The number of carbonyl (C=O) groups excluding carboxylic acids is 5. The molecule has 14 nitrogen and oxygen atoms in total. The van der Waals surface area contributed by atoms with E-state index in [0.717, 1.165) is 12.2 Å². The number of nitrogens with one attached hydrogen (secondary N) is 5. The number of urea groups is 1. The number of carboxylic acid groups (broad SMARTS) is 1. The minimum absolute atomic E-state index is 0.145. The summed E-state index contributed by atoms with van der Waals surface area (Å²) in [5.74, 6) is -3.38. The summed E-state index contributed by atoms with van der Waals surface area (Å²) < 4.78 is 0. The molecule has 0 bridgehead atoms. The molecule has 14 heteroatoms. The smallest absolute Gasteiger partial charge is 0.328 e. The number of rotatable bonds is 19. The van der Waals surface area contributed by atoms with Gasteiger partial charge in [0.2, 0.25) is 23.6 Å². The van der Waals surface area contributed by atoms with Crippen LogP contribution in [0.25, 0.3) is 0 Å². The third-order valence-corrected chi connectivity index (χ3v) is 6.03. The number of hydrogen-bond acceptors (Lipinski definition) is 7. The van der Waals surface area contributed by atoms with Crippen molar-refractivity contribution in [1.29, 1.82) is 0 Å². The second-order valence-electron chi connectivity index (χ2n) is 9.90. The van der Waals surface area contributed by atoms with E-state index in [4.69, 9.17) is 10.8 Å². The molecular formula is C28H42N6O8. The number of anilines is 1. The largest absolute Gasteiger partial charge is 0.478 e. The van der Waals surface area contributed by atoms with Gasteiger partial charge in [-0.2, -0.15) is 0 Å². The lowest BCUT2D eigenvalue weighted by atomic mass is 10.0. The average molecular weight is 591 g/mol. The van der Waals surface area contributed by atoms with Crippen molar-refractivity contribution in [3.63, 3.8) is 0 Å². The minimum Gasteiger partial charge on any atom is -0.478 e. The monoisotopic (exact) mass is 590 g/mol. The van der Waals surface area contributed by atoms with Crippen LogP contribution in [0.3, 0.4) is 0 Å². The van der Waals surface area contributed by atoms with Crippen LogP contribution in [0, 0.1) is 5.92 Å². The Morgan fingerprint density at radius 1 is 0.857 bits per heavy atom. The van der Waals surface area contributed by atoms with E-state index < -0.39 is 41.8 Å². The molecule has 0 unspecified atom stereocenters. The summed E-state index contributed by atoms with van der Waals surface area (Å²) in [5, 5.41) is 30.9. The summed E-state index contributed by atoms with van der Waals surface area (Å²) in [4.78, 5) is 71.6. The second kappa shape index (κ2) is 19.6. The van der Waals surface area contributed by atoms with Crippen molar-refractivity contribution < 1.29 is 39.0 Å². The van der Waals surface area contributed by atoms with Crippen LogP contribution in [0.4, 0.5) is 10.5 Å². The Hall–Kier alpha value is -4.46. The standard InChI is InChI=1S/C28H42N6O8/c1-18(2)25(34-23(37)8-4-3-5-15-30-22(36)13-14-24(38)39)27(41)33-21(7-6-16-31-28(29)42)26(40)32-20-11-9-19(17-35)10-12-20/h9-14,18,21,25,35H,3-8,15-17H2,1-2H3,(H,30,36)(H,32,40)(H,33,41)(H,34,37)(H,38,39)(H3,29,31,42)/b14-13-/t21-,25-/m0/s1. The van der Waals surface area contributed by atoms with Gasteiger partial charge in [-0.25, -0.2) is 9.59 Å². The predicted molar refractivity (Wildman–Crippen MR) is 155 cm³/mol. The molecule has 0 saturated carbocycles. The fraction of sp³-hybridized carbons (Fsp3) is 0.500. The van der Waals surface area contributed by atoms with Crippen molar-refractivity contribution in [3.8, 4) is 0 Å². The molecule has 1 aromatic rings. The molecule has 42 heavy (non-hydrogen) atoms. The maximum Gasteiger partial charge on any atom is 0.328 e. The van der Waals surface area contributed by atoms with E-state index in [1.54, 1.807) is 38.1 Å². The molecule has 1 aromatic carbocycles. The molecule has 9 N–H and O–H groups in total. The summed E-state index contributed by atoms with van der Waals surface area (Å²) in [6.45, 7) is 3.91. The fourth-order valence-corrected chi connectivity index (χ4v) is 3.76. The summed E-state index contributed by atoms with van der Waals surface area (Å²) >= 11 is 0. The zero-order valence-corrected chi connectivity index (χ0v) is 24.0. The van der Waals surface area contributed by atoms with Crippen LogP contribution in [0.15, 0.2) is 36.4 Å². The highest BCUT2D eigenvalue weighted by Crippen LogP contribution is 2.12. The van der Waals surface area contributed by atoms with E-state index in [1.807, 2.05) is 0 Å². The number of carbonyl (C=O) groups is 6. The molecular weight excluding hydrogens is 548 g/mol. The average Bonchev–Trinajstić information content (AvgIpc) is 2.93. The molecule has 0 fully saturated rings. The quantitative estimate of drug-likeness (QED) is 0.0834. The van der Waals surface area contributed by atoms with Crippen molar-refractivity contribution in [1.82, 2.24) is 21.3 Å². The van der Waals surface area contributed by atoms with Crippen molar-refractivity contribution in [3.05, 3.63) is 42.0 Å². The van der Waals surface area contributed by atoms with E-state index >= 15 is 0 Å². The molecule has 232 valence electrons. The van der Waals surface area contributed by atoms with Crippen LogP contribution in [0.1, 0.15) is 57.9 Å². The summed E-state index contributed by atoms with van der Waals surface area (Å²) in [5.41, 5.74) is 6.23. The van der Waals surface area contributed by atoms with Gasteiger partial charge in [0.15, 0.2) is 0 Å². The molecule has 0 aromatic heterocycles. The number of aliphatic hydroxyl groups excluding tert-OH is 1. The van der Waals surface area contributed by atoms with Crippen molar-refractivity contribution in [2.45, 2.75) is 71.1 Å². The lowest BCUT2D eigenvalue weighted by Crippen LogP contribution is -2.54. The zero-order chi connectivity index (χ0) is 31.5. The van der Waals surface area contributed by atoms with Gasteiger partial charge in [0.1, 0.15) is 12.1 Å². The van der Waals surface area contributed by atoms with Gasteiger partial charge < -0.3 is 42.5 Å². The second-order valence-corrected chi connectivity index (χ2v) is 9.90. The number of amides is 6. The summed E-state index contributed by atoms with van der Waals surface area (Å²) in [7, 11) is 0. The lowest BCUT2D eigenvalue weighted by Gasteiger charge is -2.25. The Morgan fingerprint density at radius 3 is 2.12 bits per heavy atom. The Labute approximate surface area is 244 Å². The van der Waals surface area contributed by atoms with Crippen LogP contribution >= 0.6 is 0 Å². The van der Waals surface area contributed by atoms with Gasteiger partial charge in [0, 0.05) is 37.3 Å². The Morgan fingerprint density at radius 2 is 1.52 bits per heavy atom. The van der Waals surface area contributed by atoms with Crippen molar-refractivity contribution in [2.75, 3.05) is 18.4 Å². The van der Waals surface area contributed by atoms with E-state index in [9.17, 15) is 33.9 Å². The van der Waals surface area contributed by atoms with E-state index in [1.165, 1.54) is 0 Å². The highest BCUT2D eigenvalue weighted by molar-refractivity contribution is 5.98. The first-order chi connectivity index (χ1) is 19.9. The highest BCUT2D eigenvalue weighted by Gasteiger charge is 2.28. The zero-order valence-electron chi connectivity index (χ0n) is 24.0. The van der Waals surface area contributed by atoms with Gasteiger partial charge in [-0.15, -0.1) is 0 Å². The number of benzene rings is 1. The third kappa shape index (κ3) is 15.4. The minimum atomic E-state index is -1.22. The number of aliphatic hydroxyl groups is 1. The van der Waals surface area contributed by atoms with E-state index in [-0.39, 0.29) is 37.8 Å². The number of aliphatic carboxylic acids is 1. The molecule has 0 aliphatic carbocycles. The number of carboxylic acids is 1. The number of hydrogen-bond donors (Lipinski definition) is 8. The molecule has 2 atom stereocenters. The number of nitrogens with two attached hydrogens (primary N) is 1. The Balaban J connectivity index is 2.68. The SMILES string of the molecule is CC(C)[C@H](NC(=O)CCCCCNC(=O)/C=C\C(=O)O)C(=O)N[C@@H](CCCNC(N)=O)C(=O)Nc1ccc(CO)cc1. The lowest BCUT2D eigenvalue weighted by molar-refractivity contribution is -0.132. The molecule has 1 rings (SSSR count). The maximum atomic E-state index is 13.2. The topological polar surface area (TPSA) is 229 Å². The Kier molecular flexibility index (Phi) is 16.6. The molecule has 0 heterocycles. The molecule has 6 amide bonds. The molecule has 0 aliphatic heterocycles. The number of unbranched alkanes of at least 4 members (excludes halogenated alkanes) is 2. The first-order valence-corrected chi connectivity index (χ1v) is 13.8. The van der Waals surface area contributed by atoms with Crippen molar-refractivity contribution >= 4 is 41.3 Å².